The van der Waals surface area contributed by atoms with Crippen LogP contribution in [0.2, 0.25) is 10.0 Å². The van der Waals surface area contributed by atoms with Gasteiger partial charge in [-0.25, -0.2) is 9.37 Å². The Balaban J connectivity index is 1.72. The zero-order valence-electron chi connectivity index (χ0n) is 15.5. The zero-order valence-corrected chi connectivity index (χ0v) is 17.9. The van der Waals surface area contributed by atoms with Crippen molar-refractivity contribution in [1.29, 1.82) is 0 Å². The Morgan fingerprint density at radius 3 is 2.90 bits per heavy atom. The summed E-state index contributed by atoms with van der Waals surface area (Å²) >= 11 is 14.2. The molecule has 0 aliphatic carbocycles. The lowest BCUT2D eigenvalue weighted by Crippen LogP contribution is -2.35. The molecule has 3 nitrogen and oxygen atoms in total. The molecule has 0 unspecified atom stereocenters. The van der Waals surface area contributed by atoms with Crippen molar-refractivity contribution in [3.05, 3.63) is 94.8 Å². The lowest BCUT2D eigenvalue weighted by molar-refractivity contribution is 0.00867. The fraction of sp³-hybridized carbons (Fsp3) is 0.227. The van der Waals surface area contributed by atoms with Crippen LogP contribution in [0.4, 0.5) is 4.39 Å². The molecule has 0 saturated heterocycles. The number of allylic oxidation sites excluding steroid dienone is 1. The Hall–Kier alpha value is -1.79. The van der Waals surface area contributed by atoms with E-state index in [1.54, 1.807) is 36.4 Å². The molecule has 0 bridgehead atoms. The van der Waals surface area contributed by atoms with Gasteiger partial charge in [0.1, 0.15) is 11.9 Å². The molecule has 29 heavy (non-hydrogen) atoms. The van der Waals surface area contributed by atoms with Gasteiger partial charge in [0.05, 0.1) is 17.7 Å². The van der Waals surface area contributed by atoms with Crippen LogP contribution in [0.15, 0.2) is 72.7 Å². The van der Waals surface area contributed by atoms with Crippen LogP contribution in [-0.2, 0) is 17.9 Å². The van der Waals surface area contributed by atoms with E-state index in [9.17, 15) is 4.39 Å². The topological polar surface area (TPSA) is 27.1 Å². The number of benzene rings is 2. The van der Waals surface area contributed by atoms with Gasteiger partial charge >= 0.3 is 0 Å². The van der Waals surface area contributed by atoms with E-state index < -0.39 is 0 Å². The third-order valence-electron chi connectivity index (χ3n) is 5.00. The number of fused-ring (bicyclic) bond motifs is 1. The van der Waals surface area contributed by atoms with Crippen LogP contribution in [0, 0.1) is 5.82 Å². The molecule has 2 aromatic carbocycles. The number of aromatic nitrogens is 2. The minimum Gasteiger partial charge on any atom is -0.367 e. The molecule has 1 aliphatic rings. The number of nitrogens with zero attached hydrogens (tertiary/aromatic N) is 2. The van der Waals surface area contributed by atoms with Crippen molar-refractivity contribution >= 4 is 35.0 Å². The van der Waals surface area contributed by atoms with Crippen molar-refractivity contribution in [2.75, 3.05) is 0 Å². The molecule has 2 heterocycles. The number of ether oxygens (including phenoxy) is 1. The Morgan fingerprint density at radius 1 is 1.31 bits per heavy atom. The van der Waals surface area contributed by atoms with Crippen molar-refractivity contribution in [3.63, 3.8) is 0 Å². The molecule has 1 aliphatic heterocycles. The second-order valence-corrected chi connectivity index (χ2v) is 9.27. The third kappa shape index (κ3) is 4.10. The van der Waals surface area contributed by atoms with E-state index in [-0.39, 0.29) is 23.3 Å². The quantitative estimate of drug-likeness (QED) is 0.375. The molecule has 0 spiro atoms. The first kappa shape index (κ1) is 20.5. The number of imidazole rings is 1. The van der Waals surface area contributed by atoms with Gasteiger partial charge in [-0.05, 0) is 36.2 Å². The summed E-state index contributed by atoms with van der Waals surface area (Å²) in [4.78, 5) is 5.22. The van der Waals surface area contributed by atoms with E-state index in [0.29, 0.717) is 28.6 Å². The highest BCUT2D eigenvalue weighted by Crippen LogP contribution is 2.57. The summed E-state index contributed by atoms with van der Waals surface area (Å²) in [5.74, 6) is -0.372. The van der Waals surface area contributed by atoms with Crippen LogP contribution in [-0.4, -0.2) is 14.3 Å². The number of rotatable bonds is 7. The average molecular weight is 449 g/mol. The highest BCUT2D eigenvalue weighted by molar-refractivity contribution is 8.01. The molecule has 0 fully saturated rings. The normalized spacial score (nSPS) is 20.6. The minimum absolute atomic E-state index is 0.0711. The van der Waals surface area contributed by atoms with Gasteiger partial charge in [0, 0.05) is 39.4 Å². The van der Waals surface area contributed by atoms with Crippen molar-refractivity contribution < 1.29 is 9.13 Å². The van der Waals surface area contributed by atoms with Gasteiger partial charge in [-0.1, -0.05) is 41.4 Å². The molecular weight excluding hydrogens is 430 g/mol. The summed E-state index contributed by atoms with van der Waals surface area (Å²) < 4.78 is 22.3. The fourth-order valence-corrected chi connectivity index (χ4v) is 5.80. The minimum atomic E-state index is -0.372. The maximum absolute atomic E-state index is 14.3. The fourth-order valence-electron chi connectivity index (χ4n) is 3.71. The molecule has 1 aromatic heterocycles. The summed E-state index contributed by atoms with van der Waals surface area (Å²) in [6.07, 6.45) is 7.75. The van der Waals surface area contributed by atoms with Crippen LogP contribution in [0.25, 0.3) is 0 Å². The Labute approximate surface area is 183 Å². The number of halogens is 3. The Kier molecular flexibility index (Phi) is 6.02. The second-order valence-electron chi connectivity index (χ2n) is 6.97. The SMILES string of the molecule is C=CC[C@@]1(Cn2ccnc2)Sc2cc(Cl)ccc2[C@@H]1OCc1c(F)cccc1Cl. The van der Waals surface area contributed by atoms with E-state index in [2.05, 4.69) is 11.6 Å². The molecule has 150 valence electrons. The van der Waals surface area contributed by atoms with Crippen LogP contribution in [0.5, 0.6) is 0 Å². The lowest BCUT2D eigenvalue weighted by atomic mass is 9.91. The smallest absolute Gasteiger partial charge is 0.130 e. The van der Waals surface area contributed by atoms with Gasteiger partial charge in [-0.15, -0.1) is 18.3 Å². The standard InChI is InChI=1S/C22H19Cl2FN2OS/c1-2-8-22(13-27-10-9-26-14-27)21(16-7-6-15(23)11-20(16)29-22)28-12-17-18(24)4-3-5-19(17)25/h2-7,9-11,14,21H,1,8,12-13H2/t21-,22-/m0/s1. The maximum atomic E-state index is 14.3. The van der Waals surface area contributed by atoms with Gasteiger partial charge in [-0.2, -0.15) is 0 Å². The molecule has 3 aromatic rings. The van der Waals surface area contributed by atoms with Gasteiger partial charge < -0.3 is 9.30 Å². The first-order valence-corrected chi connectivity index (χ1v) is 10.7. The molecule has 7 heteroatoms. The van der Waals surface area contributed by atoms with E-state index >= 15 is 0 Å². The number of thioether (sulfide) groups is 1. The molecule has 4 rings (SSSR count). The number of hydrogen-bond donors (Lipinski definition) is 0. The van der Waals surface area contributed by atoms with Crippen molar-refractivity contribution in [1.82, 2.24) is 9.55 Å². The summed E-state index contributed by atoms with van der Waals surface area (Å²) in [6, 6.07) is 10.4. The van der Waals surface area contributed by atoms with Gasteiger partial charge in [-0.3, -0.25) is 0 Å². The van der Waals surface area contributed by atoms with Gasteiger partial charge in [0.25, 0.3) is 0 Å². The van der Waals surface area contributed by atoms with E-state index in [1.165, 1.54) is 6.07 Å². The molecule has 2 atom stereocenters. The van der Waals surface area contributed by atoms with Crippen molar-refractivity contribution in [3.8, 4) is 0 Å². The first-order valence-electron chi connectivity index (χ1n) is 9.12. The highest BCUT2D eigenvalue weighted by Gasteiger charge is 2.47. The van der Waals surface area contributed by atoms with Crippen LogP contribution in [0.1, 0.15) is 23.7 Å². The van der Waals surface area contributed by atoms with E-state index in [0.717, 1.165) is 10.5 Å². The predicted octanol–water partition coefficient (Wildman–Crippen LogP) is 6.71. The molecule has 0 saturated carbocycles. The molecule has 0 amide bonds. The zero-order chi connectivity index (χ0) is 20.4. The summed E-state index contributed by atoms with van der Waals surface area (Å²) in [5.41, 5.74) is 1.39. The third-order valence-corrected chi connectivity index (χ3v) is 7.08. The molecule has 0 N–H and O–H groups in total. The largest absolute Gasteiger partial charge is 0.367 e. The van der Waals surface area contributed by atoms with E-state index in [1.807, 2.05) is 35.0 Å². The van der Waals surface area contributed by atoms with Crippen LogP contribution >= 0.6 is 35.0 Å². The summed E-state index contributed by atoms with van der Waals surface area (Å²) in [6.45, 7) is 4.69. The first-order chi connectivity index (χ1) is 14.0. The molecular formula is C22H19Cl2FN2OS. The Morgan fingerprint density at radius 2 is 2.17 bits per heavy atom. The summed E-state index contributed by atoms with van der Waals surface area (Å²) in [7, 11) is 0. The van der Waals surface area contributed by atoms with Gasteiger partial charge in [0.15, 0.2) is 0 Å². The highest BCUT2D eigenvalue weighted by atomic mass is 35.5. The predicted molar refractivity (Wildman–Crippen MR) is 116 cm³/mol. The molecule has 0 radical (unpaired) electrons. The number of hydrogen-bond acceptors (Lipinski definition) is 3. The van der Waals surface area contributed by atoms with Crippen molar-refractivity contribution in [2.45, 2.75) is 35.3 Å². The van der Waals surface area contributed by atoms with Crippen LogP contribution < -0.4 is 0 Å². The maximum Gasteiger partial charge on any atom is 0.130 e. The van der Waals surface area contributed by atoms with Crippen molar-refractivity contribution in [2.24, 2.45) is 0 Å². The average Bonchev–Trinajstić information content (AvgIpc) is 3.27. The lowest BCUT2D eigenvalue weighted by Gasteiger charge is -2.34. The Bertz CT molecular complexity index is 1010. The second kappa shape index (κ2) is 8.52. The monoisotopic (exact) mass is 448 g/mol. The summed E-state index contributed by atoms with van der Waals surface area (Å²) in [5, 5.41) is 1.03. The van der Waals surface area contributed by atoms with Crippen LogP contribution in [0.3, 0.4) is 0 Å². The van der Waals surface area contributed by atoms with E-state index in [4.69, 9.17) is 27.9 Å². The van der Waals surface area contributed by atoms with Gasteiger partial charge in [0.2, 0.25) is 0 Å².